The molecule has 0 bridgehead atoms. The van der Waals surface area contributed by atoms with Gasteiger partial charge in [0.1, 0.15) is 5.70 Å². The Bertz CT molecular complexity index is 516. The largest absolute Gasteiger partial charge is 0.382 e. The molecule has 1 N–H and O–H groups in total. The molecule has 1 aliphatic rings. The molecule has 1 fully saturated rings. The van der Waals surface area contributed by atoms with Crippen LogP contribution in [-0.2, 0) is 9.53 Å². The van der Waals surface area contributed by atoms with Crippen LogP contribution in [0.1, 0.15) is 18.9 Å². The van der Waals surface area contributed by atoms with Crippen molar-refractivity contribution in [3.05, 3.63) is 35.8 Å². The molecule has 1 aromatic rings. The Balaban J connectivity index is 2.00. The molecule has 0 unspecified atom stereocenters. The number of pyridine rings is 1. The van der Waals surface area contributed by atoms with Gasteiger partial charge < -0.3 is 10.1 Å². The van der Waals surface area contributed by atoms with Crippen LogP contribution < -0.4 is 5.32 Å². The third-order valence-electron chi connectivity index (χ3n) is 2.83. The Morgan fingerprint density at radius 2 is 2.40 bits per heavy atom. The smallest absolute Gasteiger partial charge is 0.276 e. The molecule has 0 saturated carbocycles. The minimum atomic E-state index is -0.102. The lowest BCUT2D eigenvalue weighted by Crippen LogP contribution is -2.32. The van der Waals surface area contributed by atoms with Gasteiger partial charge in [-0.3, -0.25) is 14.7 Å². The van der Waals surface area contributed by atoms with Crippen molar-refractivity contribution in [2.75, 3.05) is 19.8 Å². The maximum Gasteiger partial charge on any atom is 0.276 e. The SMILES string of the molecule is CCOCCCN1C(=O)/C(=C/c2cccnc2)NC1=S. The van der Waals surface area contributed by atoms with Gasteiger partial charge in [0.05, 0.1) is 0 Å². The van der Waals surface area contributed by atoms with E-state index in [2.05, 4.69) is 10.3 Å². The van der Waals surface area contributed by atoms with E-state index in [1.165, 1.54) is 0 Å². The molecular weight excluding hydrogens is 274 g/mol. The van der Waals surface area contributed by atoms with E-state index in [4.69, 9.17) is 17.0 Å². The molecule has 6 heteroatoms. The lowest BCUT2D eigenvalue weighted by Gasteiger charge is -2.13. The van der Waals surface area contributed by atoms with Crippen LogP contribution in [0, 0.1) is 0 Å². The highest BCUT2D eigenvalue weighted by Crippen LogP contribution is 2.14. The van der Waals surface area contributed by atoms with Crippen molar-refractivity contribution in [1.29, 1.82) is 0 Å². The van der Waals surface area contributed by atoms with Gasteiger partial charge in [0, 0.05) is 32.2 Å². The Morgan fingerprint density at radius 1 is 1.55 bits per heavy atom. The monoisotopic (exact) mass is 291 g/mol. The molecule has 0 atom stereocenters. The molecule has 1 aliphatic heterocycles. The second-order valence-electron chi connectivity index (χ2n) is 4.28. The third kappa shape index (κ3) is 3.61. The van der Waals surface area contributed by atoms with Crippen molar-refractivity contribution in [3.8, 4) is 0 Å². The van der Waals surface area contributed by atoms with Gasteiger partial charge >= 0.3 is 0 Å². The van der Waals surface area contributed by atoms with Gasteiger partial charge in [0.2, 0.25) is 0 Å². The fourth-order valence-corrected chi connectivity index (χ4v) is 2.16. The normalized spacial score (nSPS) is 16.9. The number of hydrogen-bond donors (Lipinski definition) is 1. The topological polar surface area (TPSA) is 54.5 Å². The summed E-state index contributed by atoms with van der Waals surface area (Å²) in [6.45, 7) is 3.82. The summed E-state index contributed by atoms with van der Waals surface area (Å²) in [5.74, 6) is -0.102. The van der Waals surface area contributed by atoms with Crippen molar-refractivity contribution in [1.82, 2.24) is 15.2 Å². The van der Waals surface area contributed by atoms with Crippen molar-refractivity contribution in [2.24, 2.45) is 0 Å². The second-order valence-corrected chi connectivity index (χ2v) is 4.67. The van der Waals surface area contributed by atoms with Gasteiger partial charge in [-0.15, -0.1) is 0 Å². The first-order valence-corrected chi connectivity index (χ1v) is 6.95. The lowest BCUT2D eigenvalue weighted by atomic mass is 10.2. The van der Waals surface area contributed by atoms with Crippen molar-refractivity contribution in [3.63, 3.8) is 0 Å². The van der Waals surface area contributed by atoms with Gasteiger partial charge in [-0.1, -0.05) is 6.07 Å². The number of carbonyl (C=O) groups is 1. The van der Waals surface area contributed by atoms with Crippen LogP contribution >= 0.6 is 12.2 Å². The molecule has 0 radical (unpaired) electrons. The zero-order chi connectivity index (χ0) is 14.4. The highest BCUT2D eigenvalue weighted by Gasteiger charge is 2.29. The van der Waals surface area contributed by atoms with Crippen LogP contribution in [-0.4, -0.2) is 40.7 Å². The number of nitrogens with zero attached hydrogens (tertiary/aromatic N) is 2. The molecular formula is C14H17N3O2S. The fourth-order valence-electron chi connectivity index (χ4n) is 1.87. The van der Waals surface area contributed by atoms with Crippen LogP contribution in [0.15, 0.2) is 30.2 Å². The van der Waals surface area contributed by atoms with E-state index >= 15 is 0 Å². The van der Waals surface area contributed by atoms with Gasteiger partial charge in [0.15, 0.2) is 5.11 Å². The molecule has 2 rings (SSSR count). The van der Waals surface area contributed by atoms with E-state index < -0.39 is 0 Å². The van der Waals surface area contributed by atoms with E-state index in [1.54, 1.807) is 23.4 Å². The summed E-state index contributed by atoms with van der Waals surface area (Å²) < 4.78 is 5.26. The first-order chi connectivity index (χ1) is 9.72. The molecule has 0 aliphatic carbocycles. The second kappa shape index (κ2) is 7.12. The lowest BCUT2D eigenvalue weighted by molar-refractivity contribution is -0.122. The van der Waals surface area contributed by atoms with E-state index in [0.717, 1.165) is 12.0 Å². The van der Waals surface area contributed by atoms with Crippen LogP contribution in [0.5, 0.6) is 0 Å². The average molecular weight is 291 g/mol. The standard InChI is InChI=1S/C14H17N3O2S/c1-2-19-8-4-7-17-13(18)12(16-14(17)20)9-11-5-3-6-15-10-11/h3,5-6,9-10H,2,4,7-8H2,1H3,(H,16,20)/b12-9-. The number of aromatic nitrogens is 1. The minimum absolute atomic E-state index is 0.102. The Labute approximate surface area is 123 Å². The van der Waals surface area contributed by atoms with Crippen LogP contribution in [0.2, 0.25) is 0 Å². The average Bonchev–Trinajstić information content (AvgIpc) is 2.72. The molecule has 1 aromatic heterocycles. The molecule has 0 aromatic carbocycles. The summed E-state index contributed by atoms with van der Waals surface area (Å²) in [5.41, 5.74) is 1.35. The number of ether oxygens (including phenoxy) is 1. The number of amides is 1. The van der Waals surface area contributed by atoms with Gasteiger partial charge in [-0.2, -0.15) is 0 Å². The summed E-state index contributed by atoms with van der Waals surface area (Å²) in [4.78, 5) is 17.8. The first-order valence-electron chi connectivity index (χ1n) is 6.54. The molecule has 1 amide bonds. The Hall–Kier alpha value is -1.79. The van der Waals surface area contributed by atoms with Gasteiger partial charge in [-0.05, 0) is 43.3 Å². The molecule has 0 spiro atoms. The van der Waals surface area contributed by atoms with Crippen molar-refractivity contribution in [2.45, 2.75) is 13.3 Å². The molecule has 1 saturated heterocycles. The summed E-state index contributed by atoms with van der Waals surface area (Å²) in [6, 6.07) is 3.71. The molecule has 106 valence electrons. The predicted molar refractivity (Wildman–Crippen MR) is 80.8 cm³/mol. The summed E-state index contributed by atoms with van der Waals surface area (Å²) >= 11 is 5.19. The number of carbonyl (C=O) groups excluding carboxylic acids is 1. The highest BCUT2D eigenvalue weighted by atomic mass is 32.1. The zero-order valence-corrected chi connectivity index (χ0v) is 12.2. The first kappa shape index (κ1) is 14.6. The summed E-state index contributed by atoms with van der Waals surface area (Å²) in [6.07, 6.45) is 5.91. The number of hydrogen-bond acceptors (Lipinski definition) is 4. The Kier molecular flexibility index (Phi) is 5.20. The van der Waals surface area contributed by atoms with E-state index in [1.807, 2.05) is 19.1 Å². The van der Waals surface area contributed by atoms with Gasteiger partial charge in [-0.25, -0.2) is 0 Å². The van der Waals surface area contributed by atoms with E-state index in [9.17, 15) is 4.79 Å². The van der Waals surface area contributed by atoms with Crippen LogP contribution in [0.25, 0.3) is 6.08 Å². The molecule has 20 heavy (non-hydrogen) atoms. The number of nitrogens with one attached hydrogen (secondary N) is 1. The Morgan fingerprint density at radius 3 is 3.10 bits per heavy atom. The minimum Gasteiger partial charge on any atom is -0.382 e. The molecule has 2 heterocycles. The highest BCUT2D eigenvalue weighted by molar-refractivity contribution is 7.80. The van der Waals surface area contributed by atoms with E-state index in [0.29, 0.717) is 30.6 Å². The van der Waals surface area contributed by atoms with Crippen LogP contribution in [0.4, 0.5) is 0 Å². The van der Waals surface area contributed by atoms with Crippen LogP contribution in [0.3, 0.4) is 0 Å². The number of thiocarbonyl (C=S) groups is 1. The quantitative estimate of drug-likeness (QED) is 0.490. The van der Waals surface area contributed by atoms with E-state index in [-0.39, 0.29) is 5.91 Å². The number of rotatable bonds is 6. The van der Waals surface area contributed by atoms with Gasteiger partial charge in [0.25, 0.3) is 5.91 Å². The molecule has 5 nitrogen and oxygen atoms in total. The van der Waals surface area contributed by atoms with Crippen molar-refractivity contribution < 1.29 is 9.53 Å². The third-order valence-corrected chi connectivity index (χ3v) is 3.15. The van der Waals surface area contributed by atoms with Crippen molar-refractivity contribution >= 4 is 29.3 Å². The summed E-state index contributed by atoms with van der Waals surface area (Å²) in [5, 5.41) is 3.39. The summed E-state index contributed by atoms with van der Waals surface area (Å²) in [7, 11) is 0. The maximum absolute atomic E-state index is 12.2. The zero-order valence-electron chi connectivity index (χ0n) is 11.3. The fraction of sp³-hybridized carbons (Fsp3) is 0.357. The maximum atomic E-state index is 12.2. The predicted octanol–water partition coefficient (Wildman–Crippen LogP) is 1.57.